The molecule has 0 amide bonds. The maximum absolute atomic E-state index is 11.3. The molecule has 2 unspecified atom stereocenters. The summed E-state index contributed by atoms with van der Waals surface area (Å²) < 4.78 is 22.7. The number of nitrogens with two attached hydrogens (primary N) is 1. The number of benzene rings is 1. The van der Waals surface area contributed by atoms with Crippen molar-refractivity contribution in [3.63, 3.8) is 0 Å². The van der Waals surface area contributed by atoms with E-state index in [9.17, 15) is 13.5 Å². The highest BCUT2D eigenvalue weighted by Gasteiger charge is 2.36. The van der Waals surface area contributed by atoms with Gasteiger partial charge in [0.2, 0.25) is 0 Å². The smallest absolute Gasteiger partial charge is 0.147 e. The zero-order valence-electron chi connectivity index (χ0n) is 10.8. The first-order valence-electron chi connectivity index (χ1n) is 5.93. The molecule has 0 aliphatic carbocycles. The molecule has 18 heavy (non-hydrogen) atoms. The lowest BCUT2D eigenvalue weighted by Gasteiger charge is -2.36. The molecule has 0 saturated carbocycles. The third kappa shape index (κ3) is 3.54. The minimum absolute atomic E-state index is 0.0179. The number of rotatable bonds is 6. The Morgan fingerprint density at radius 2 is 1.89 bits per heavy atom. The van der Waals surface area contributed by atoms with Gasteiger partial charge in [0.05, 0.1) is 11.9 Å². The summed E-state index contributed by atoms with van der Waals surface area (Å²) in [5.41, 5.74) is 5.99. The Labute approximate surface area is 109 Å². The predicted octanol–water partition coefficient (Wildman–Crippen LogP) is 0.699. The van der Waals surface area contributed by atoms with Gasteiger partial charge in [0, 0.05) is 18.2 Å². The predicted molar refractivity (Wildman–Crippen MR) is 73.2 cm³/mol. The van der Waals surface area contributed by atoms with E-state index in [-0.39, 0.29) is 12.3 Å². The van der Waals surface area contributed by atoms with Crippen LogP contribution in [0.2, 0.25) is 0 Å². The van der Waals surface area contributed by atoms with E-state index in [0.29, 0.717) is 6.42 Å². The Kier molecular flexibility index (Phi) is 4.90. The molecule has 0 heterocycles. The molecule has 2 atom stereocenters. The lowest BCUT2D eigenvalue weighted by atomic mass is 9.74. The molecular weight excluding hydrogens is 250 g/mol. The van der Waals surface area contributed by atoms with Crippen LogP contribution >= 0.6 is 0 Å². The first kappa shape index (κ1) is 15.1. The standard InChI is InChI=1S/C13H21NO3S/c1-11(15)13(10-14,8-9-18(2,16)17)12-6-4-3-5-7-12/h3-7,11,15H,8-10,14H2,1-2H3. The van der Waals surface area contributed by atoms with Crippen LogP contribution in [0.25, 0.3) is 0 Å². The van der Waals surface area contributed by atoms with Crippen molar-refractivity contribution in [2.45, 2.75) is 24.9 Å². The first-order chi connectivity index (χ1) is 8.32. The van der Waals surface area contributed by atoms with E-state index in [2.05, 4.69) is 0 Å². The van der Waals surface area contributed by atoms with Gasteiger partial charge in [-0.1, -0.05) is 30.3 Å². The van der Waals surface area contributed by atoms with E-state index >= 15 is 0 Å². The summed E-state index contributed by atoms with van der Waals surface area (Å²) in [5.74, 6) is 0.0179. The van der Waals surface area contributed by atoms with Gasteiger partial charge >= 0.3 is 0 Å². The van der Waals surface area contributed by atoms with Crippen LogP contribution < -0.4 is 5.73 Å². The Bertz CT molecular complexity index is 470. The largest absolute Gasteiger partial charge is 0.392 e. The van der Waals surface area contributed by atoms with Crippen molar-refractivity contribution in [1.82, 2.24) is 0 Å². The third-order valence-electron chi connectivity index (χ3n) is 3.43. The van der Waals surface area contributed by atoms with Gasteiger partial charge in [-0.3, -0.25) is 0 Å². The molecule has 102 valence electrons. The van der Waals surface area contributed by atoms with Gasteiger partial charge in [0.1, 0.15) is 9.84 Å². The summed E-state index contributed by atoms with van der Waals surface area (Å²) in [4.78, 5) is 0. The van der Waals surface area contributed by atoms with Crippen LogP contribution in [0.4, 0.5) is 0 Å². The van der Waals surface area contributed by atoms with Crippen LogP contribution in [0.5, 0.6) is 0 Å². The zero-order valence-corrected chi connectivity index (χ0v) is 11.7. The Balaban J connectivity index is 3.10. The zero-order chi connectivity index (χ0) is 13.8. The van der Waals surface area contributed by atoms with Crippen molar-refractivity contribution in [2.24, 2.45) is 5.73 Å². The minimum Gasteiger partial charge on any atom is -0.392 e. The lowest BCUT2D eigenvalue weighted by Crippen LogP contribution is -2.45. The van der Waals surface area contributed by atoms with Crippen LogP contribution in [0, 0.1) is 0 Å². The fourth-order valence-corrected chi connectivity index (χ4v) is 2.86. The normalized spacial score (nSPS) is 17.1. The van der Waals surface area contributed by atoms with Gasteiger partial charge in [0.15, 0.2) is 0 Å². The Morgan fingerprint density at radius 3 is 2.28 bits per heavy atom. The van der Waals surface area contributed by atoms with E-state index < -0.39 is 21.4 Å². The monoisotopic (exact) mass is 271 g/mol. The lowest BCUT2D eigenvalue weighted by molar-refractivity contribution is 0.0980. The molecule has 5 heteroatoms. The van der Waals surface area contributed by atoms with E-state index in [1.54, 1.807) is 6.92 Å². The number of aliphatic hydroxyl groups excluding tert-OH is 1. The second kappa shape index (κ2) is 5.82. The van der Waals surface area contributed by atoms with Crippen LogP contribution in [0.3, 0.4) is 0 Å². The molecule has 0 aliphatic rings. The molecule has 0 aromatic heterocycles. The molecule has 3 N–H and O–H groups in total. The highest BCUT2D eigenvalue weighted by atomic mass is 32.2. The van der Waals surface area contributed by atoms with Crippen molar-refractivity contribution in [2.75, 3.05) is 18.6 Å². The van der Waals surface area contributed by atoms with Gasteiger partial charge in [-0.15, -0.1) is 0 Å². The third-order valence-corrected chi connectivity index (χ3v) is 4.38. The van der Waals surface area contributed by atoms with Crippen molar-refractivity contribution in [3.05, 3.63) is 35.9 Å². The SMILES string of the molecule is CC(O)C(CN)(CCS(C)(=O)=O)c1ccccc1. The quantitative estimate of drug-likeness (QED) is 0.798. The minimum atomic E-state index is -3.08. The average Bonchev–Trinajstić information content (AvgIpc) is 2.30. The summed E-state index contributed by atoms with van der Waals surface area (Å²) in [6.45, 7) is 1.87. The van der Waals surface area contributed by atoms with Gasteiger partial charge in [-0.05, 0) is 18.9 Å². The van der Waals surface area contributed by atoms with Crippen molar-refractivity contribution in [3.8, 4) is 0 Å². The fraction of sp³-hybridized carbons (Fsp3) is 0.538. The number of aliphatic hydroxyl groups is 1. The van der Waals surface area contributed by atoms with E-state index in [1.165, 1.54) is 6.26 Å². The maximum atomic E-state index is 11.3. The first-order valence-corrected chi connectivity index (χ1v) is 7.99. The number of hydrogen-bond donors (Lipinski definition) is 2. The topological polar surface area (TPSA) is 80.4 Å². The van der Waals surface area contributed by atoms with Crippen LogP contribution in [-0.4, -0.2) is 38.2 Å². The van der Waals surface area contributed by atoms with Crippen LogP contribution in [0.15, 0.2) is 30.3 Å². The molecule has 0 bridgehead atoms. The maximum Gasteiger partial charge on any atom is 0.147 e. The molecule has 0 aliphatic heterocycles. The molecule has 4 nitrogen and oxygen atoms in total. The van der Waals surface area contributed by atoms with Crippen molar-refractivity contribution in [1.29, 1.82) is 0 Å². The molecule has 1 aromatic rings. The van der Waals surface area contributed by atoms with Gasteiger partial charge in [-0.2, -0.15) is 0 Å². The molecule has 0 radical (unpaired) electrons. The highest BCUT2D eigenvalue weighted by Crippen LogP contribution is 2.31. The van der Waals surface area contributed by atoms with Crippen LogP contribution in [-0.2, 0) is 15.3 Å². The van der Waals surface area contributed by atoms with Gasteiger partial charge < -0.3 is 10.8 Å². The fourth-order valence-electron chi connectivity index (χ4n) is 2.12. The molecular formula is C13H21NO3S. The van der Waals surface area contributed by atoms with E-state index in [0.717, 1.165) is 5.56 Å². The highest BCUT2D eigenvalue weighted by molar-refractivity contribution is 7.90. The summed E-state index contributed by atoms with van der Waals surface area (Å²) in [6.07, 6.45) is 0.817. The summed E-state index contributed by atoms with van der Waals surface area (Å²) in [5, 5.41) is 10.0. The molecule has 0 spiro atoms. The number of hydrogen-bond acceptors (Lipinski definition) is 4. The second-order valence-electron chi connectivity index (χ2n) is 4.78. The molecule has 0 fully saturated rings. The second-order valence-corrected chi connectivity index (χ2v) is 7.04. The van der Waals surface area contributed by atoms with Crippen LogP contribution in [0.1, 0.15) is 18.9 Å². The molecule has 1 aromatic carbocycles. The summed E-state index contributed by atoms with van der Waals surface area (Å²) >= 11 is 0. The van der Waals surface area contributed by atoms with Gasteiger partial charge in [-0.25, -0.2) is 8.42 Å². The Hall–Kier alpha value is -0.910. The van der Waals surface area contributed by atoms with E-state index in [4.69, 9.17) is 5.73 Å². The Morgan fingerprint density at radius 1 is 1.33 bits per heavy atom. The molecule has 1 rings (SSSR count). The summed E-state index contributed by atoms with van der Waals surface area (Å²) in [7, 11) is -3.08. The van der Waals surface area contributed by atoms with Crippen molar-refractivity contribution >= 4 is 9.84 Å². The molecule has 0 saturated heterocycles. The summed E-state index contributed by atoms with van der Waals surface area (Å²) in [6, 6.07) is 9.36. The van der Waals surface area contributed by atoms with E-state index in [1.807, 2.05) is 30.3 Å². The van der Waals surface area contributed by atoms with Gasteiger partial charge in [0.25, 0.3) is 0 Å². The van der Waals surface area contributed by atoms with Crippen molar-refractivity contribution < 1.29 is 13.5 Å². The average molecular weight is 271 g/mol. The number of sulfone groups is 1.